The number of halogens is 4. The molecule has 1 nitrogen and oxygen atoms in total. The van der Waals surface area contributed by atoms with E-state index in [1.165, 1.54) is 18.2 Å². The summed E-state index contributed by atoms with van der Waals surface area (Å²) in [6.07, 6.45) is -2.26. The van der Waals surface area contributed by atoms with Crippen molar-refractivity contribution in [2.45, 2.75) is 31.9 Å². The fraction of sp³-hybridized carbons (Fsp3) is 0.462. The second kappa shape index (κ2) is 6.78. The molecule has 0 saturated heterocycles. The fourth-order valence-electron chi connectivity index (χ4n) is 1.66. The molecule has 0 aliphatic rings. The molecular weight excluding hydrogens is 265 g/mol. The molecule has 0 bridgehead atoms. The zero-order chi connectivity index (χ0) is 13.6. The molecule has 0 spiro atoms. The van der Waals surface area contributed by atoms with Crippen molar-refractivity contribution in [3.8, 4) is 0 Å². The maximum absolute atomic E-state index is 12.7. The molecule has 18 heavy (non-hydrogen) atoms. The van der Waals surface area contributed by atoms with Crippen molar-refractivity contribution in [3.05, 3.63) is 35.4 Å². The van der Waals surface area contributed by atoms with Crippen molar-refractivity contribution in [3.63, 3.8) is 0 Å². The van der Waals surface area contributed by atoms with Crippen LogP contribution in [-0.2, 0) is 6.18 Å². The minimum absolute atomic E-state index is 0.129. The number of rotatable bonds is 6. The number of carbonyl (C=O) groups is 1. The minimum atomic E-state index is -4.48. The van der Waals surface area contributed by atoms with Crippen LogP contribution in [0.15, 0.2) is 24.3 Å². The lowest BCUT2D eigenvalue weighted by Gasteiger charge is -2.11. The number of Topliss-reactive ketones (excluding diaryl/α,β-unsaturated/α-hetero) is 1. The van der Waals surface area contributed by atoms with E-state index in [-0.39, 0.29) is 12.0 Å². The molecular formula is C13H14ClF3O. The minimum Gasteiger partial charge on any atom is -0.294 e. The van der Waals surface area contributed by atoms with E-state index in [2.05, 4.69) is 0 Å². The Balaban J connectivity index is 2.74. The Morgan fingerprint density at radius 3 is 2.39 bits per heavy atom. The molecule has 0 N–H and O–H groups in total. The SMILES string of the molecule is O=C(CCCCCCl)c1ccccc1C(F)(F)F. The van der Waals surface area contributed by atoms with Gasteiger partial charge in [0.15, 0.2) is 5.78 Å². The topological polar surface area (TPSA) is 17.1 Å². The molecule has 100 valence electrons. The number of ketones is 1. The van der Waals surface area contributed by atoms with Crippen molar-refractivity contribution in [1.29, 1.82) is 0 Å². The molecule has 0 saturated carbocycles. The van der Waals surface area contributed by atoms with Crippen molar-refractivity contribution >= 4 is 17.4 Å². The van der Waals surface area contributed by atoms with Crippen LogP contribution in [0.5, 0.6) is 0 Å². The van der Waals surface area contributed by atoms with E-state index in [4.69, 9.17) is 11.6 Å². The van der Waals surface area contributed by atoms with Crippen molar-refractivity contribution in [1.82, 2.24) is 0 Å². The van der Waals surface area contributed by atoms with E-state index < -0.39 is 17.5 Å². The third-order valence-electron chi connectivity index (χ3n) is 2.57. The van der Waals surface area contributed by atoms with Crippen LogP contribution >= 0.6 is 11.6 Å². The lowest BCUT2D eigenvalue weighted by atomic mass is 9.99. The molecule has 1 rings (SSSR count). The number of carbonyl (C=O) groups excluding carboxylic acids is 1. The summed E-state index contributed by atoms with van der Waals surface area (Å²) in [4.78, 5) is 11.7. The van der Waals surface area contributed by atoms with E-state index in [0.29, 0.717) is 12.3 Å². The number of hydrogen-bond acceptors (Lipinski definition) is 1. The molecule has 0 atom stereocenters. The van der Waals surface area contributed by atoms with E-state index in [1.54, 1.807) is 0 Å². The summed E-state index contributed by atoms with van der Waals surface area (Å²) < 4.78 is 38.0. The van der Waals surface area contributed by atoms with Crippen LogP contribution in [0.25, 0.3) is 0 Å². The summed E-state index contributed by atoms with van der Waals surface area (Å²) >= 11 is 5.49. The van der Waals surface area contributed by atoms with Gasteiger partial charge in [-0.2, -0.15) is 13.2 Å². The largest absolute Gasteiger partial charge is 0.417 e. The molecule has 0 aromatic heterocycles. The lowest BCUT2D eigenvalue weighted by Crippen LogP contribution is -2.12. The summed E-state index contributed by atoms with van der Waals surface area (Å²) in [5, 5.41) is 0. The second-order valence-corrected chi connectivity index (χ2v) is 4.34. The molecule has 1 aromatic rings. The van der Waals surface area contributed by atoms with Gasteiger partial charge in [-0.1, -0.05) is 24.6 Å². The van der Waals surface area contributed by atoms with Gasteiger partial charge in [-0.3, -0.25) is 4.79 Å². The van der Waals surface area contributed by atoms with Crippen molar-refractivity contribution in [2.24, 2.45) is 0 Å². The van der Waals surface area contributed by atoms with Gasteiger partial charge in [-0.05, 0) is 18.9 Å². The van der Waals surface area contributed by atoms with Gasteiger partial charge in [0.25, 0.3) is 0 Å². The highest BCUT2D eigenvalue weighted by molar-refractivity contribution is 6.17. The molecule has 0 aliphatic heterocycles. The molecule has 0 amide bonds. The quantitative estimate of drug-likeness (QED) is 0.419. The van der Waals surface area contributed by atoms with Gasteiger partial charge >= 0.3 is 6.18 Å². The average molecular weight is 279 g/mol. The number of alkyl halides is 4. The van der Waals surface area contributed by atoms with Crippen molar-refractivity contribution < 1.29 is 18.0 Å². The first-order chi connectivity index (χ1) is 8.46. The highest BCUT2D eigenvalue weighted by Gasteiger charge is 2.34. The van der Waals surface area contributed by atoms with Crippen LogP contribution in [0.4, 0.5) is 13.2 Å². The first kappa shape index (κ1) is 15.0. The number of unbranched alkanes of at least 4 members (excludes halogenated alkanes) is 2. The Bertz CT molecular complexity index is 401. The molecule has 0 heterocycles. The van der Waals surface area contributed by atoms with Gasteiger partial charge in [0.2, 0.25) is 0 Å². The van der Waals surface area contributed by atoms with Crippen LogP contribution < -0.4 is 0 Å². The highest BCUT2D eigenvalue weighted by atomic mass is 35.5. The van der Waals surface area contributed by atoms with Gasteiger partial charge in [0.05, 0.1) is 5.56 Å². The fourth-order valence-corrected chi connectivity index (χ4v) is 1.85. The second-order valence-electron chi connectivity index (χ2n) is 3.97. The highest BCUT2D eigenvalue weighted by Crippen LogP contribution is 2.32. The van der Waals surface area contributed by atoms with E-state index in [0.717, 1.165) is 18.9 Å². The number of hydrogen-bond donors (Lipinski definition) is 0. The Morgan fingerprint density at radius 2 is 1.78 bits per heavy atom. The maximum Gasteiger partial charge on any atom is 0.417 e. The smallest absolute Gasteiger partial charge is 0.294 e. The number of benzene rings is 1. The summed E-state index contributed by atoms with van der Waals surface area (Å²) in [6.45, 7) is 0. The first-order valence-electron chi connectivity index (χ1n) is 5.72. The molecule has 0 radical (unpaired) electrons. The van der Waals surface area contributed by atoms with E-state index in [9.17, 15) is 18.0 Å². The maximum atomic E-state index is 12.7. The molecule has 0 fully saturated rings. The lowest BCUT2D eigenvalue weighted by molar-refractivity contribution is -0.137. The molecule has 0 unspecified atom stereocenters. The van der Waals surface area contributed by atoms with Crippen LogP contribution in [0.1, 0.15) is 41.6 Å². The average Bonchev–Trinajstić information content (AvgIpc) is 2.33. The van der Waals surface area contributed by atoms with Crippen LogP contribution in [0, 0.1) is 0 Å². The standard InChI is InChI=1S/C13H14ClF3O/c14-9-5-1-2-8-12(18)10-6-3-4-7-11(10)13(15,16)17/h3-4,6-7H,1-2,5,8-9H2. The third kappa shape index (κ3) is 4.33. The van der Waals surface area contributed by atoms with Crippen molar-refractivity contribution in [2.75, 3.05) is 5.88 Å². The Hall–Kier alpha value is -1.03. The zero-order valence-electron chi connectivity index (χ0n) is 9.77. The van der Waals surface area contributed by atoms with Gasteiger partial charge in [-0.25, -0.2) is 0 Å². The van der Waals surface area contributed by atoms with E-state index in [1.807, 2.05) is 0 Å². The van der Waals surface area contributed by atoms with Crippen LogP contribution in [0.2, 0.25) is 0 Å². The monoisotopic (exact) mass is 278 g/mol. The van der Waals surface area contributed by atoms with Gasteiger partial charge < -0.3 is 0 Å². The first-order valence-corrected chi connectivity index (χ1v) is 6.25. The molecule has 0 aliphatic carbocycles. The van der Waals surface area contributed by atoms with Crippen LogP contribution in [0.3, 0.4) is 0 Å². The van der Waals surface area contributed by atoms with E-state index >= 15 is 0 Å². The predicted octanol–water partition coefficient (Wildman–Crippen LogP) is 4.69. The van der Waals surface area contributed by atoms with Gasteiger partial charge in [0, 0.05) is 17.9 Å². The summed E-state index contributed by atoms with van der Waals surface area (Å²) in [7, 11) is 0. The Morgan fingerprint density at radius 1 is 1.11 bits per heavy atom. The molecule has 1 aromatic carbocycles. The normalized spacial score (nSPS) is 11.6. The van der Waals surface area contributed by atoms with Crippen LogP contribution in [-0.4, -0.2) is 11.7 Å². The predicted molar refractivity (Wildman–Crippen MR) is 65.0 cm³/mol. The summed E-state index contributed by atoms with van der Waals surface area (Å²) in [5.74, 6) is 0.0466. The Labute approximate surface area is 109 Å². The molecule has 5 heteroatoms. The summed E-state index contributed by atoms with van der Waals surface area (Å²) in [6, 6.07) is 4.90. The zero-order valence-corrected chi connectivity index (χ0v) is 10.5. The van der Waals surface area contributed by atoms with Gasteiger partial charge in [0.1, 0.15) is 0 Å². The van der Waals surface area contributed by atoms with Gasteiger partial charge in [-0.15, -0.1) is 11.6 Å². The summed E-state index contributed by atoms with van der Waals surface area (Å²) in [5.41, 5.74) is -1.09. The third-order valence-corrected chi connectivity index (χ3v) is 2.84. The Kier molecular flexibility index (Phi) is 5.66.